The highest BCUT2D eigenvalue weighted by Crippen LogP contribution is 2.20. The van der Waals surface area contributed by atoms with Gasteiger partial charge in [0.1, 0.15) is 6.54 Å². The van der Waals surface area contributed by atoms with Gasteiger partial charge in [-0.25, -0.2) is 0 Å². The minimum Gasteiger partial charge on any atom is -0.354 e. The Bertz CT molecular complexity index is 738. The lowest BCUT2D eigenvalue weighted by atomic mass is 9.99. The lowest BCUT2D eigenvalue weighted by molar-refractivity contribution is -0.121. The first-order valence-electron chi connectivity index (χ1n) is 8.73. The first kappa shape index (κ1) is 19.7. The molecule has 5 nitrogen and oxygen atoms in total. The fourth-order valence-electron chi connectivity index (χ4n) is 2.68. The minimum absolute atomic E-state index is 0.0531. The van der Waals surface area contributed by atoms with Crippen LogP contribution in [0, 0.1) is 10.7 Å². The number of benzene rings is 1. The van der Waals surface area contributed by atoms with Crippen LogP contribution in [0.5, 0.6) is 0 Å². The van der Waals surface area contributed by atoms with Crippen molar-refractivity contribution >= 4 is 29.7 Å². The number of hydrogen-bond acceptors (Lipinski definition) is 3. The Kier molecular flexibility index (Phi) is 7.65. The average molecular weight is 381 g/mol. The maximum atomic E-state index is 12.4. The molecule has 0 aliphatic rings. The third-order valence-corrected chi connectivity index (χ3v) is 4.86. The number of amides is 1. The van der Waals surface area contributed by atoms with Crippen molar-refractivity contribution in [2.45, 2.75) is 46.1 Å². The monoisotopic (exact) mass is 380 g/mol. The van der Waals surface area contributed by atoms with Gasteiger partial charge in [-0.1, -0.05) is 44.7 Å². The summed E-state index contributed by atoms with van der Waals surface area (Å²) >= 11 is 11.2. The Balaban J connectivity index is 2.02. The van der Waals surface area contributed by atoms with E-state index in [0.717, 1.165) is 18.4 Å². The van der Waals surface area contributed by atoms with E-state index in [4.69, 9.17) is 23.8 Å². The van der Waals surface area contributed by atoms with Gasteiger partial charge in [-0.15, -0.1) is 0 Å². The average Bonchev–Trinajstić information content (AvgIpc) is 2.96. The minimum atomic E-state index is -0.0531. The smallest absolute Gasteiger partial charge is 0.240 e. The summed E-state index contributed by atoms with van der Waals surface area (Å²) in [5.41, 5.74) is 0.860. The maximum Gasteiger partial charge on any atom is 0.240 e. The molecule has 136 valence electrons. The first-order chi connectivity index (χ1) is 12.0. The molecule has 1 unspecified atom stereocenters. The van der Waals surface area contributed by atoms with Crippen molar-refractivity contribution in [3.63, 3.8) is 0 Å². The summed E-state index contributed by atoms with van der Waals surface area (Å²) in [6, 6.07) is 7.30. The molecule has 0 spiro atoms. The number of aromatic nitrogens is 3. The van der Waals surface area contributed by atoms with E-state index in [-0.39, 0.29) is 12.5 Å². The predicted molar refractivity (Wildman–Crippen MR) is 104 cm³/mol. The molecule has 2 rings (SSSR count). The van der Waals surface area contributed by atoms with Crippen molar-refractivity contribution in [1.29, 1.82) is 0 Å². The van der Waals surface area contributed by atoms with Crippen molar-refractivity contribution < 1.29 is 4.79 Å². The second-order valence-corrected chi connectivity index (χ2v) is 6.99. The van der Waals surface area contributed by atoms with Crippen LogP contribution >= 0.6 is 23.8 Å². The van der Waals surface area contributed by atoms with Crippen LogP contribution in [0.2, 0.25) is 5.02 Å². The lowest BCUT2D eigenvalue weighted by Gasteiger charge is -2.15. The molecule has 1 atom stereocenters. The number of halogens is 1. The molecule has 1 aromatic heterocycles. The van der Waals surface area contributed by atoms with Crippen molar-refractivity contribution in [1.82, 2.24) is 20.1 Å². The van der Waals surface area contributed by atoms with Gasteiger partial charge in [0.15, 0.2) is 10.6 Å². The SMILES string of the molecule is CCCCC(CC)CNC(=O)Cn1c(-c2ccc(Cl)cc2)n[nH]c1=S. The number of unbranched alkanes of at least 4 members (excludes halogenated alkanes) is 1. The number of nitrogens with zero attached hydrogens (tertiary/aromatic N) is 2. The van der Waals surface area contributed by atoms with E-state index in [0.29, 0.717) is 28.1 Å². The molecule has 2 N–H and O–H groups in total. The summed E-state index contributed by atoms with van der Waals surface area (Å²) in [6.07, 6.45) is 4.59. The van der Waals surface area contributed by atoms with Gasteiger partial charge in [0.05, 0.1) is 0 Å². The third-order valence-electron chi connectivity index (χ3n) is 4.29. The van der Waals surface area contributed by atoms with Gasteiger partial charge in [0.25, 0.3) is 0 Å². The zero-order valence-corrected chi connectivity index (χ0v) is 16.3. The number of nitrogens with one attached hydrogen (secondary N) is 2. The van der Waals surface area contributed by atoms with E-state index in [9.17, 15) is 4.79 Å². The third kappa shape index (κ3) is 5.68. The summed E-state index contributed by atoms with van der Waals surface area (Å²) in [4.78, 5) is 12.4. The van der Waals surface area contributed by atoms with Gasteiger partial charge in [0, 0.05) is 17.1 Å². The molecule has 0 radical (unpaired) electrons. The van der Waals surface area contributed by atoms with E-state index in [1.807, 2.05) is 12.1 Å². The highest BCUT2D eigenvalue weighted by molar-refractivity contribution is 7.71. The van der Waals surface area contributed by atoms with Crippen molar-refractivity contribution in [2.75, 3.05) is 6.54 Å². The molecule has 25 heavy (non-hydrogen) atoms. The fourth-order valence-corrected chi connectivity index (χ4v) is 3.01. The van der Waals surface area contributed by atoms with E-state index < -0.39 is 0 Å². The maximum absolute atomic E-state index is 12.4. The van der Waals surface area contributed by atoms with Crippen LogP contribution in [0.25, 0.3) is 11.4 Å². The van der Waals surface area contributed by atoms with Crippen LogP contribution < -0.4 is 5.32 Å². The van der Waals surface area contributed by atoms with Gasteiger partial charge in [0.2, 0.25) is 5.91 Å². The van der Waals surface area contributed by atoms with Gasteiger partial charge in [-0.2, -0.15) is 5.10 Å². The lowest BCUT2D eigenvalue weighted by Crippen LogP contribution is -2.32. The molecule has 1 heterocycles. The summed E-state index contributed by atoms with van der Waals surface area (Å²) in [7, 11) is 0. The quantitative estimate of drug-likeness (QED) is 0.625. The summed E-state index contributed by atoms with van der Waals surface area (Å²) in [5.74, 6) is 1.11. The molecular formula is C18H25ClN4OS. The van der Waals surface area contributed by atoms with Crippen LogP contribution in [0.1, 0.15) is 39.5 Å². The number of hydrogen-bond donors (Lipinski definition) is 2. The van der Waals surface area contributed by atoms with E-state index >= 15 is 0 Å². The summed E-state index contributed by atoms with van der Waals surface area (Å²) < 4.78 is 2.14. The number of aromatic amines is 1. The zero-order chi connectivity index (χ0) is 18.2. The van der Waals surface area contributed by atoms with Crippen molar-refractivity contribution in [2.24, 2.45) is 5.92 Å². The van der Waals surface area contributed by atoms with Crippen LogP contribution in [0.15, 0.2) is 24.3 Å². The second-order valence-electron chi connectivity index (χ2n) is 6.17. The van der Waals surface area contributed by atoms with Gasteiger partial charge in [-0.05, 0) is 48.8 Å². The second kappa shape index (κ2) is 9.73. The number of carbonyl (C=O) groups excluding carboxylic acids is 1. The van der Waals surface area contributed by atoms with Crippen LogP contribution in [-0.2, 0) is 11.3 Å². The Morgan fingerprint density at radius 3 is 2.72 bits per heavy atom. The Labute approximate surface area is 158 Å². The van der Waals surface area contributed by atoms with E-state index in [2.05, 4.69) is 29.4 Å². The molecule has 0 bridgehead atoms. The van der Waals surface area contributed by atoms with Gasteiger partial charge >= 0.3 is 0 Å². The Morgan fingerprint density at radius 1 is 1.36 bits per heavy atom. The molecule has 0 aliphatic carbocycles. The fraction of sp³-hybridized carbons (Fsp3) is 0.500. The summed E-state index contributed by atoms with van der Waals surface area (Å²) in [6.45, 7) is 5.20. The van der Waals surface area contributed by atoms with Crippen molar-refractivity contribution in [3.8, 4) is 11.4 Å². The molecule has 2 aromatic rings. The molecule has 1 amide bonds. The topological polar surface area (TPSA) is 62.7 Å². The summed E-state index contributed by atoms with van der Waals surface area (Å²) in [5, 5.41) is 10.7. The van der Waals surface area contributed by atoms with Gasteiger partial charge in [-0.3, -0.25) is 14.5 Å². The molecule has 0 fully saturated rings. The normalized spacial score (nSPS) is 12.1. The molecule has 1 aromatic carbocycles. The van der Waals surface area contributed by atoms with E-state index in [1.165, 1.54) is 12.8 Å². The molecule has 7 heteroatoms. The largest absolute Gasteiger partial charge is 0.354 e. The van der Waals surface area contributed by atoms with E-state index in [1.54, 1.807) is 16.7 Å². The van der Waals surface area contributed by atoms with Crippen LogP contribution in [-0.4, -0.2) is 27.2 Å². The van der Waals surface area contributed by atoms with Gasteiger partial charge < -0.3 is 5.32 Å². The molecule has 0 aliphatic heterocycles. The van der Waals surface area contributed by atoms with Crippen LogP contribution in [0.4, 0.5) is 0 Å². The Hall–Kier alpha value is -1.66. The van der Waals surface area contributed by atoms with Crippen molar-refractivity contribution in [3.05, 3.63) is 34.1 Å². The molecule has 0 saturated heterocycles. The zero-order valence-electron chi connectivity index (χ0n) is 14.7. The molecule has 0 saturated carbocycles. The number of rotatable bonds is 9. The highest BCUT2D eigenvalue weighted by Gasteiger charge is 2.13. The predicted octanol–water partition coefficient (Wildman–Crippen LogP) is 4.59. The van der Waals surface area contributed by atoms with Crippen LogP contribution in [0.3, 0.4) is 0 Å². The standard InChI is InChI=1S/C18H25ClN4OS/c1-3-5-6-13(4-2)11-20-16(24)12-23-17(21-22-18(23)25)14-7-9-15(19)10-8-14/h7-10,13H,3-6,11-12H2,1-2H3,(H,20,24)(H,22,25). The number of H-pyrrole nitrogens is 1. The first-order valence-corrected chi connectivity index (χ1v) is 9.51. The Morgan fingerprint density at radius 2 is 2.08 bits per heavy atom. The highest BCUT2D eigenvalue weighted by atomic mass is 35.5. The molecular weight excluding hydrogens is 356 g/mol. The number of carbonyl (C=O) groups is 1.